The molecule has 1 aromatic rings. The number of nitrogens with one attached hydrogen (secondary N) is 2. The molecule has 0 aromatic heterocycles. The van der Waals surface area contributed by atoms with Crippen molar-refractivity contribution in [2.45, 2.75) is 45.2 Å². The molecule has 3 aliphatic rings. The van der Waals surface area contributed by atoms with Crippen LogP contribution in [0, 0.1) is 5.41 Å². The minimum atomic E-state index is 0.0924. The molecule has 6 nitrogen and oxygen atoms in total. The highest BCUT2D eigenvalue weighted by atomic mass is 16.1. The number of rotatable bonds is 3. The molecule has 2 atom stereocenters. The van der Waals surface area contributed by atoms with Crippen LogP contribution in [-0.4, -0.2) is 67.5 Å². The monoisotopic (exact) mass is 383 g/mol. The van der Waals surface area contributed by atoms with Crippen LogP contribution >= 0.6 is 0 Å². The molecule has 0 radical (unpaired) electrons. The molecule has 1 aromatic carbocycles. The Balaban J connectivity index is 1.32. The van der Waals surface area contributed by atoms with Gasteiger partial charge in [0, 0.05) is 64.2 Å². The second-order valence-electron chi connectivity index (χ2n) is 8.74. The first-order chi connectivity index (χ1) is 13.6. The number of hydrogen-bond donors (Lipinski definition) is 2. The summed E-state index contributed by atoms with van der Waals surface area (Å²) in [5.74, 6) is 1.17. The quantitative estimate of drug-likeness (QED) is 0.615. The van der Waals surface area contributed by atoms with E-state index in [4.69, 9.17) is 0 Å². The van der Waals surface area contributed by atoms with Crippen molar-refractivity contribution >= 4 is 11.9 Å². The molecule has 0 aliphatic carbocycles. The SMILES string of the molecule is CN=C(NCC(C)N1CCc2ccccc2C1)N1CCCC2(CNC(=O)C2)C1. The van der Waals surface area contributed by atoms with Crippen molar-refractivity contribution in [3.8, 4) is 0 Å². The van der Waals surface area contributed by atoms with Gasteiger partial charge < -0.3 is 15.5 Å². The zero-order valence-electron chi connectivity index (χ0n) is 17.2. The Morgan fingerprint density at radius 2 is 2.14 bits per heavy atom. The summed E-state index contributed by atoms with van der Waals surface area (Å²) in [7, 11) is 1.86. The first kappa shape index (κ1) is 19.2. The van der Waals surface area contributed by atoms with Crippen molar-refractivity contribution in [1.82, 2.24) is 20.4 Å². The van der Waals surface area contributed by atoms with Crippen molar-refractivity contribution in [3.05, 3.63) is 35.4 Å². The van der Waals surface area contributed by atoms with E-state index in [1.807, 2.05) is 7.05 Å². The maximum Gasteiger partial charge on any atom is 0.220 e. The van der Waals surface area contributed by atoms with Crippen molar-refractivity contribution < 1.29 is 4.79 Å². The number of fused-ring (bicyclic) bond motifs is 1. The summed E-state index contributed by atoms with van der Waals surface area (Å²) in [6, 6.07) is 9.24. The number of benzene rings is 1. The molecule has 4 rings (SSSR count). The third-order valence-electron chi connectivity index (χ3n) is 6.71. The third kappa shape index (κ3) is 4.02. The molecule has 1 amide bonds. The average Bonchev–Trinajstić information content (AvgIpc) is 3.07. The number of hydrogen-bond acceptors (Lipinski definition) is 3. The Morgan fingerprint density at radius 3 is 2.89 bits per heavy atom. The van der Waals surface area contributed by atoms with Crippen LogP contribution in [0.15, 0.2) is 29.3 Å². The summed E-state index contributed by atoms with van der Waals surface area (Å²) in [6.45, 7) is 8.05. The predicted octanol–water partition coefficient (Wildman–Crippen LogP) is 1.61. The van der Waals surface area contributed by atoms with Gasteiger partial charge in [-0.15, -0.1) is 0 Å². The molecule has 2 saturated heterocycles. The van der Waals surface area contributed by atoms with Crippen molar-refractivity contribution in [1.29, 1.82) is 0 Å². The van der Waals surface area contributed by atoms with Gasteiger partial charge in [-0.1, -0.05) is 24.3 Å². The Bertz CT molecular complexity index is 748. The smallest absolute Gasteiger partial charge is 0.220 e. The molecule has 2 N–H and O–H groups in total. The van der Waals surface area contributed by atoms with E-state index >= 15 is 0 Å². The molecule has 3 heterocycles. The lowest BCUT2D eigenvalue weighted by molar-refractivity contribution is -0.119. The fraction of sp³-hybridized carbons (Fsp3) is 0.636. The van der Waals surface area contributed by atoms with Crippen molar-refractivity contribution in [3.63, 3.8) is 0 Å². The van der Waals surface area contributed by atoms with Gasteiger partial charge in [-0.3, -0.25) is 14.7 Å². The predicted molar refractivity (Wildman–Crippen MR) is 112 cm³/mol. The highest BCUT2D eigenvalue weighted by Gasteiger charge is 2.42. The van der Waals surface area contributed by atoms with Gasteiger partial charge in [0.1, 0.15) is 0 Å². The number of piperidine rings is 1. The van der Waals surface area contributed by atoms with Gasteiger partial charge in [0.2, 0.25) is 5.91 Å². The minimum absolute atomic E-state index is 0.0924. The molecular formula is C22H33N5O. The number of guanidine groups is 1. The summed E-state index contributed by atoms with van der Waals surface area (Å²) < 4.78 is 0. The zero-order valence-corrected chi connectivity index (χ0v) is 17.2. The van der Waals surface area contributed by atoms with Crippen LogP contribution in [0.3, 0.4) is 0 Å². The largest absolute Gasteiger partial charge is 0.355 e. The molecular weight excluding hydrogens is 350 g/mol. The van der Waals surface area contributed by atoms with Crippen molar-refractivity contribution in [2.24, 2.45) is 10.4 Å². The Labute approximate surface area is 168 Å². The van der Waals surface area contributed by atoms with Crippen LogP contribution in [0.5, 0.6) is 0 Å². The molecule has 2 unspecified atom stereocenters. The van der Waals surface area contributed by atoms with Gasteiger partial charge in [0.05, 0.1) is 0 Å². The number of likely N-dealkylation sites (tertiary alicyclic amines) is 1. The third-order valence-corrected chi connectivity index (χ3v) is 6.71. The Kier molecular flexibility index (Phi) is 5.58. The maximum atomic E-state index is 11.8. The van der Waals surface area contributed by atoms with E-state index in [1.165, 1.54) is 11.1 Å². The van der Waals surface area contributed by atoms with Crippen LogP contribution in [0.1, 0.15) is 37.3 Å². The van der Waals surface area contributed by atoms with E-state index < -0.39 is 0 Å². The Morgan fingerprint density at radius 1 is 1.32 bits per heavy atom. The maximum absolute atomic E-state index is 11.8. The number of carbonyl (C=O) groups is 1. The van der Waals surface area contributed by atoms with Crippen LogP contribution < -0.4 is 10.6 Å². The first-order valence-electron chi connectivity index (χ1n) is 10.6. The summed E-state index contributed by atoms with van der Waals surface area (Å²) in [6.07, 6.45) is 4.03. The van der Waals surface area contributed by atoms with Crippen molar-refractivity contribution in [2.75, 3.05) is 39.8 Å². The van der Waals surface area contributed by atoms with Gasteiger partial charge in [-0.05, 0) is 37.3 Å². The highest BCUT2D eigenvalue weighted by molar-refractivity contribution is 5.81. The topological polar surface area (TPSA) is 60.0 Å². The fourth-order valence-electron chi connectivity index (χ4n) is 5.02. The lowest BCUT2D eigenvalue weighted by Gasteiger charge is -2.41. The van der Waals surface area contributed by atoms with E-state index in [9.17, 15) is 4.79 Å². The summed E-state index contributed by atoms with van der Waals surface area (Å²) in [5.41, 5.74) is 3.05. The molecule has 6 heteroatoms. The van der Waals surface area contributed by atoms with Crippen LogP contribution in [0.2, 0.25) is 0 Å². The standard InChI is InChI=1S/C22H33N5O/c1-17(26-11-8-18-6-3-4-7-19(18)14-26)13-24-21(23-2)27-10-5-9-22(16-27)12-20(28)25-15-22/h3-4,6-7,17H,5,8-16H2,1-2H3,(H,23,24)(H,25,28). The van der Waals surface area contributed by atoms with E-state index in [0.29, 0.717) is 12.5 Å². The fourth-order valence-corrected chi connectivity index (χ4v) is 5.02. The zero-order chi connectivity index (χ0) is 19.6. The second kappa shape index (κ2) is 8.11. The number of aliphatic imine (C=N–C) groups is 1. The minimum Gasteiger partial charge on any atom is -0.355 e. The lowest BCUT2D eigenvalue weighted by Crippen LogP contribution is -2.53. The van der Waals surface area contributed by atoms with E-state index in [1.54, 1.807) is 0 Å². The number of amides is 1. The van der Waals surface area contributed by atoms with E-state index in [0.717, 1.165) is 64.5 Å². The van der Waals surface area contributed by atoms with Gasteiger partial charge in [-0.25, -0.2) is 0 Å². The van der Waals surface area contributed by atoms with Gasteiger partial charge in [0.15, 0.2) is 5.96 Å². The van der Waals surface area contributed by atoms with Gasteiger partial charge in [0.25, 0.3) is 0 Å². The van der Waals surface area contributed by atoms with Crippen LogP contribution in [-0.2, 0) is 17.8 Å². The molecule has 1 spiro atoms. The molecule has 2 fully saturated rings. The second-order valence-corrected chi connectivity index (χ2v) is 8.74. The molecule has 0 saturated carbocycles. The summed E-state index contributed by atoms with van der Waals surface area (Å²) in [4.78, 5) is 21.2. The molecule has 152 valence electrons. The van der Waals surface area contributed by atoms with E-state index in [-0.39, 0.29) is 11.3 Å². The average molecular weight is 384 g/mol. The Hall–Kier alpha value is -2.08. The van der Waals surface area contributed by atoms with E-state index in [2.05, 4.69) is 56.6 Å². The summed E-state index contributed by atoms with van der Waals surface area (Å²) >= 11 is 0. The number of carbonyl (C=O) groups excluding carboxylic acids is 1. The molecule has 28 heavy (non-hydrogen) atoms. The molecule has 3 aliphatic heterocycles. The van der Waals surface area contributed by atoms with Gasteiger partial charge >= 0.3 is 0 Å². The summed E-state index contributed by atoms with van der Waals surface area (Å²) in [5, 5.41) is 6.63. The van der Waals surface area contributed by atoms with Crippen LogP contribution in [0.4, 0.5) is 0 Å². The number of nitrogens with zero attached hydrogens (tertiary/aromatic N) is 3. The van der Waals surface area contributed by atoms with Gasteiger partial charge in [-0.2, -0.15) is 0 Å². The normalized spacial score (nSPS) is 26.9. The molecule has 0 bridgehead atoms. The first-order valence-corrected chi connectivity index (χ1v) is 10.6. The highest BCUT2D eigenvalue weighted by Crippen LogP contribution is 2.36. The van der Waals surface area contributed by atoms with Crippen LogP contribution in [0.25, 0.3) is 0 Å². The lowest BCUT2D eigenvalue weighted by atomic mass is 9.79.